The van der Waals surface area contributed by atoms with Gasteiger partial charge in [0.05, 0.1) is 6.20 Å². The molecule has 6 nitrogen and oxygen atoms in total. The largest absolute Gasteiger partial charge is 0.477 e. The van der Waals surface area contributed by atoms with E-state index in [0.29, 0.717) is 0 Å². The zero-order chi connectivity index (χ0) is 12.3. The van der Waals surface area contributed by atoms with Gasteiger partial charge < -0.3 is 14.7 Å². The number of nitrogens with zero attached hydrogens (tertiary/aromatic N) is 3. The van der Waals surface area contributed by atoms with Crippen LogP contribution < -0.4 is 4.74 Å². The van der Waals surface area contributed by atoms with Crippen LogP contribution in [-0.4, -0.2) is 52.4 Å². The zero-order valence-electron chi connectivity index (χ0n) is 9.67. The van der Waals surface area contributed by atoms with Crippen molar-refractivity contribution in [2.24, 2.45) is 0 Å². The lowest BCUT2D eigenvalue weighted by molar-refractivity contribution is 0.0676. The fourth-order valence-electron chi connectivity index (χ4n) is 1.83. The van der Waals surface area contributed by atoms with Gasteiger partial charge >= 0.3 is 5.97 Å². The Morgan fingerprint density at radius 1 is 1.53 bits per heavy atom. The van der Waals surface area contributed by atoms with Gasteiger partial charge in [-0.25, -0.2) is 4.79 Å². The van der Waals surface area contributed by atoms with Crippen molar-refractivity contribution >= 4 is 5.97 Å². The second kappa shape index (κ2) is 5.09. The van der Waals surface area contributed by atoms with Crippen molar-refractivity contribution in [1.82, 2.24) is 15.1 Å². The lowest BCUT2D eigenvalue weighted by atomic mass is 10.1. The molecular formula is C11H15N3O3. The molecule has 2 heterocycles. The zero-order valence-corrected chi connectivity index (χ0v) is 9.67. The molecule has 0 aromatic carbocycles. The van der Waals surface area contributed by atoms with Crippen LogP contribution in [0.4, 0.5) is 0 Å². The van der Waals surface area contributed by atoms with E-state index in [1.54, 1.807) is 0 Å². The first-order chi connectivity index (χ1) is 8.16. The highest BCUT2D eigenvalue weighted by Gasteiger charge is 2.21. The molecule has 0 amide bonds. The van der Waals surface area contributed by atoms with Crippen LogP contribution in [0.3, 0.4) is 0 Å². The van der Waals surface area contributed by atoms with Crippen LogP contribution in [0, 0.1) is 0 Å². The van der Waals surface area contributed by atoms with Gasteiger partial charge in [-0.3, -0.25) is 0 Å². The molecule has 1 aromatic rings. The van der Waals surface area contributed by atoms with Crippen LogP contribution in [0.2, 0.25) is 0 Å². The molecule has 17 heavy (non-hydrogen) atoms. The maximum absolute atomic E-state index is 11.0. The molecule has 1 aliphatic rings. The molecule has 1 N–H and O–H groups in total. The minimum Gasteiger partial charge on any atom is -0.477 e. The van der Waals surface area contributed by atoms with E-state index >= 15 is 0 Å². The summed E-state index contributed by atoms with van der Waals surface area (Å²) in [6.45, 7) is 1.90. The van der Waals surface area contributed by atoms with Gasteiger partial charge in [0, 0.05) is 13.1 Å². The van der Waals surface area contributed by atoms with E-state index in [4.69, 9.17) is 9.84 Å². The van der Waals surface area contributed by atoms with Crippen LogP contribution in [0.15, 0.2) is 12.3 Å². The van der Waals surface area contributed by atoms with Gasteiger partial charge in [0.1, 0.15) is 11.7 Å². The van der Waals surface area contributed by atoms with Gasteiger partial charge in [-0.1, -0.05) is 0 Å². The number of aromatic nitrogens is 2. The van der Waals surface area contributed by atoms with Gasteiger partial charge in [0.25, 0.3) is 0 Å². The van der Waals surface area contributed by atoms with E-state index in [1.165, 1.54) is 12.3 Å². The topological polar surface area (TPSA) is 75.5 Å². The minimum absolute atomic E-state index is 0.0287. The smallest absolute Gasteiger partial charge is 0.341 e. The lowest BCUT2D eigenvalue weighted by Gasteiger charge is -2.28. The van der Waals surface area contributed by atoms with Crippen LogP contribution in [0.5, 0.6) is 5.88 Å². The summed E-state index contributed by atoms with van der Waals surface area (Å²) < 4.78 is 5.61. The van der Waals surface area contributed by atoms with E-state index in [1.807, 2.05) is 0 Å². The SMILES string of the molecule is CN1CCC(Oc2nnccc2C(=O)O)CC1. The van der Waals surface area contributed by atoms with Crippen molar-refractivity contribution in [1.29, 1.82) is 0 Å². The number of ether oxygens (including phenoxy) is 1. The summed E-state index contributed by atoms with van der Waals surface area (Å²) in [6, 6.07) is 1.40. The second-order valence-corrected chi connectivity index (χ2v) is 4.18. The summed E-state index contributed by atoms with van der Waals surface area (Å²) in [5, 5.41) is 16.4. The average molecular weight is 237 g/mol. The van der Waals surface area contributed by atoms with Crippen molar-refractivity contribution in [3.63, 3.8) is 0 Å². The number of hydrogen-bond acceptors (Lipinski definition) is 5. The first kappa shape index (κ1) is 11.8. The molecule has 2 rings (SSSR count). The summed E-state index contributed by atoms with van der Waals surface area (Å²) in [6.07, 6.45) is 3.14. The summed E-state index contributed by atoms with van der Waals surface area (Å²) >= 11 is 0. The van der Waals surface area contributed by atoms with Gasteiger partial charge in [-0.05, 0) is 26.0 Å². The maximum Gasteiger partial charge on any atom is 0.341 e. The summed E-state index contributed by atoms with van der Waals surface area (Å²) in [4.78, 5) is 13.2. The Balaban J connectivity index is 2.05. The van der Waals surface area contributed by atoms with Gasteiger partial charge in [-0.2, -0.15) is 5.10 Å². The number of rotatable bonds is 3. The van der Waals surface area contributed by atoms with Crippen molar-refractivity contribution in [3.8, 4) is 5.88 Å². The summed E-state index contributed by atoms with van der Waals surface area (Å²) in [7, 11) is 2.06. The summed E-state index contributed by atoms with van der Waals surface area (Å²) in [5.74, 6) is -0.919. The van der Waals surface area contributed by atoms with Crippen LogP contribution in [-0.2, 0) is 0 Å². The van der Waals surface area contributed by atoms with Crippen LogP contribution in [0.1, 0.15) is 23.2 Å². The van der Waals surface area contributed by atoms with E-state index in [2.05, 4.69) is 22.1 Å². The molecule has 92 valence electrons. The van der Waals surface area contributed by atoms with Crippen molar-refractivity contribution in [2.75, 3.05) is 20.1 Å². The summed E-state index contributed by atoms with van der Waals surface area (Å²) in [5.41, 5.74) is 0.0685. The third kappa shape index (κ3) is 2.91. The van der Waals surface area contributed by atoms with E-state index < -0.39 is 5.97 Å². The molecule has 0 saturated carbocycles. The second-order valence-electron chi connectivity index (χ2n) is 4.18. The number of carbonyl (C=O) groups is 1. The minimum atomic E-state index is -1.04. The quantitative estimate of drug-likeness (QED) is 0.831. The Kier molecular flexibility index (Phi) is 3.53. The Labute approximate surface area is 99.2 Å². The monoisotopic (exact) mass is 237 g/mol. The molecule has 0 spiro atoms. The van der Waals surface area contributed by atoms with E-state index in [0.717, 1.165) is 25.9 Å². The first-order valence-corrected chi connectivity index (χ1v) is 5.57. The molecule has 1 aliphatic heterocycles. The van der Waals surface area contributed by atoms with Crippen molar-refractivity contribution in [3.05, 3.63) is 17.8 Å². The van der Waals surface area contributed by atoms with E-state index in [-0.39, 0.29) is 17.5 Å². The van der Waals surface area contributed by atoms with Crippen molar-refractivity contribution in [2.45, 2.75) is 18.9 Å². The molecule has 0 aliphatic carbocycles. The lowest BCUT2D eigenvalue weighted by Crippen LogP contribution is -2.36. The standard InChI is InChI=1S/C11H15N3O3/c1-14-6-3-8(4-7-14)17-10-9(11(15)16)2-5-12-13-10/h2,5,8H,3-4,6-7H2,1H3,(H,15,16). The number of likely N-dealkylation sites (tertiary alicyclic amines) is 1. The fourth-order valence-corrected chi connectivity index (χ4v) is 1.83. The Hall–Kier alpha value is -1.69. The molecule has 0 atom stereocenters. The molecule has 1 fully saturated rings. The Morgan fingerprint density at radius 2 is 2.24 bits per heavy atom. The number of piperidine rings is 1. The highest BCUT2D eigenvalue weighted by atomic mass is 16.5. The molecular weight excluding hydrogens is 222 g/mol. The maximum atomic E-state index is 11.0. The normalized spacial score (nSPS) is 17.9. The predicted octanol–water partition coefficient (Wildman–Crippen LogP) is 0.648. The van der Waals surface area contributed by atoms with E-state index in [9.17, 15) is 4.79 Å². The van der Waals surface area contributed by atoms with Crippen molar-refractivity contribution < 1.29 is 14.6 Å². The molecule has 0 radical (unpaired) electrons. The number of aromatic carboxylic acids is 1. The van der Waals surface area contributed by atoms with Gasteiger partial charge in [0.2, 0.25) is 5.88 Å². The molecule has 6 heteroatoms. The fraction of sp³-hybridized carbons (Fsp3) is 0.545. The average Bonchev–Trinajstić information content (AvgIpc) is 2.32. The number of carboxylic acid groups (broad SMARTS) is 1. The number of hydrogen-bond donors (Lipinski definition) is 1. The Morgan fingerprint density at radius 3 is 2.88 bits per heavy atom. The van der Waals surface area contributed by atoms with Crippen LogP contribution in [0.25, 0.3) is 0 Å². The third-order valence-corrected chi connectivity index (χ3v) is 2.86. The molecule has 0 bridgehead atoms. The third-order valence-electron chi connectivity index (χ3n) is 2.86. The number of carboxylic acids is 1. The van der Waals surface area contributed by atoms with Crippen LogP contribution >= 0.6 is 0 Å². The van der Waals surface area contributed by atoms with Gasteiger partial charge in [0.15, 0.2) is 0 Å². The highest BCUT2D eigenvalue weighted by Crippen LogP contribution is 2.19. The molecule has 0 unspecified atom stereocenters. The molecule has 1 saturated heterocycles. The first-order valence-electron chi connectivity index (χ1n) is 5.57. The van der Waals surface area contributed by atoms with Gasteiger partial charge in [-0.15, -0.1) is 5.10 Å². The Bertz CT molecular complexity index is 403. The molecule has 1 aromatic heterocycles. The highest BCUT2D eigenvalue weighted by molar-refractivity contribution is 5.89. The predicted molar refractivity (Wildman–Crippen MR) is 60.1 cm³/mol.